The molecular weight excluding hydrogens is 245 g/mol. The molecule has 0 saturated carbocycles. The molecule has 0 bridgehead atoms. The number of hydrogen-bond donors (Lipinski definition) is 3. The third-order valence-electron chi connectivity index (χ3n) is 3.22. The summed E-state index contributed by atoms with van der Waals surface area (Å²) in [5, 5.41) is 8.98. The molecule has 3 N–H and O–H groups in total. The average Bonchev–Trinajstić information content (AvgIpc) is 2.65. The number of amides is 2. The van der Waals surface area contributed by atoms with Gasteiger partial charge in [0.2, 0.25) is 0 Å². The Morgan fingerprint density at radius 2 is 2.32 bits per heavy atom. The van der Waals surface area contributed by atoms with Crippen LogP contribution in [0.5, 0.6) is 0 Å². The van der Waals surface area contributed by atoms with Crippen molar-refractivity contribution in [1.82, 2.24) is 16.0 Å². The summed E-state index contributed by atoms with van der Waals surface area (Å²) in [6.07, 6.45) is 3.28. The van der Waals surface area contributed by atoms with E-state index in [4.69, 9.17) is 0 Å². The third kappa shape index (κ3) is 4.87. The fraction of sp³-hybridized carbons (Fsp3) is 0.500. The maximum Gasteiger partial charge on any atom is 0.315 e. The van der Waals surface area contributed by atoms with Crippen molar-refractivity contribution in [3.8, 4) is 0 Å². The molecule has 5 heteroatoms. The van der Waals surface area contributed by atoms with E-state index in [1.807, 2.05) is 0 Å². The van der Waals surface area contributed by atoms with Gasteiger partial charge in [0.05, 0.1) is 0 Å². The second kappa shape index (κ2) is 7.09. The lowest BCUT2D eigenvalue weighted by atomic mass is 10.1. The summed E-state index contributed by atoms with van der Waals surface area (Å²) in [7, 11) is 0. The summed E-state index contributed by atoms with van der Waals surface area (Å²) in [6, 6.07) is 6.22. The van der Waals surface area contributed by atoms with E-state index >= 15 is 0 Å². The summed E-state index contributed by atoms with van der Waals surface area (Å²) < 4.78 is 13.0. The standard InChI is InChI=1S/C14H20FN3O/c15-12-5-3-4-11(8-12)9-17-14(19)18-13-6-1-2-7-16-10-13/h3-5,8,13,16H,1-2,6-7,9-10H2,(H2,17,18,19). The van der Waals surface area contributed by atoms with Gasteiger partial charge >= 0.3 is 6.03 Å². The largest absolute Gasteiger partial charge is 0.334 e. The zero-order valence-corrected chi connectivity index (χ0v) is 10.9. The fourth-order valence-corrected chi connectivity index (χ4v) is 2.21. The molecule has 1 saturated heterocycles. The summed E-state index contributed by atoms with van der Waals surface area (Å²) in [5.74, 6) is -0.285. The number of benzene rings is 1. The van der Waals surface area contributed by atoms with Crippen LogP contribution < -0.4 is 16.0 Å². The quantitative estimate of drug-likeness (QED) is 0.780. The lowest BCUT2D eigenvalue weighted by Crippen LogP contribution is -2.45. The van der Waals surface area contributed by atoms with Crippen molar-refractivity contribution in [2.24, 2.45) is 0 Å². The van der Waals surface area contributed by atoms with Gasteiger partial charge in [0.15, 0.2) is 0 Å². The summed E-state index contributed by atoms with van der Waals surface area (Å²) in [5.41, 5.74) is 0.758. The van der Waals surface area contributed by atoms with Crippen LogP contribution in [0.15, 0.2) is 24.3 Å². The minimum absolute atomic E-state index is 0.176. The van der Waals surface area contributed by atoms with Crippen LogP contribution in [0.2, 0.25) is 0 Å². The monoisotopic (exact) mass is 265 g/mol. The van der Waals surface area contributed by atoms with Gasteiger partial charge < -0.3 is 16.0 Å². The van der Waals surface area contributed by atoms with Crippen LogP contribution in [-0.2, 0) is 6.54 Å². The van der Waals surface area contributed by atoms with Crippen molar-refractivity contribution in [2.75, 3.05) is 13.1 Å². The highest BCUT2D eigenvalue weighted by molar-refractivity contribution is 5.74. The maximum atomic E-state index is 13.0. The molecule has 4 nitrogen and oxygen atoms in total. The summed E-state index contributed by atoms with van der Waals surface area (Å²) >= 11 is 0. The average molecular weight is 265 g/mol. The molecule has 19 heavy (non-hydrogen) atoms. The molecule has 1 aromatic rings. The molecule has 104 valence electrons. The van der Waals surface area contributed by atoms with Gasteiger partial charge in [-0.05, 0) is 37.1 Å². The van der Waals surface area contributed by atoms with Gasteiger partial charge in [0.1, 0.15) is 5.82 Å². The molecular formula is C14H20FN3O. The Labute approximate surface area is 112 Å². The highest BCUT2D eigenvalue weighted by Gasteiger charge is 2.13. The third-order valence-corrected chi connectivity index (χ3v) is 3.22. The Kier molecular flexibility index (Phi) is 5.15. The van der Waals surface area contributed by atoms with Gasteiger partial charge in [-0.2, -0.15) is 0 Å². The smallest absolute Gasteiger partial charge is 0.315 e. The molecule has 2 amide bonds. The first-order valence-corrected chi connectivity index (χ1v) is 6.73. The molecule has 1 atom stereocenters. The van der Waals surface area contributed by atoms with Crippen LogP contribution in [0.3, 0.4) is 0 Å². The molecule has 1 fully saturated rings. The Morgan fingerprint density at radius 3 is 3.16 bits per heavy atom. The van der Waals surface area contributed by atoms with Crippen molar-refractivity contribution < 1.29 is 9.18 Å². The second-order valence-corrected chi connectivity index (χ2v) is 4.85. The van der Waals surface area contributed by atoms with E-state index in [9.17, 15) is 9.18 Å². The zero-order valence-electron chi connectivity index (χ0n) is 10.9. The topological polar surface area (TPSA) is 53.2 Å². The Morgan fingerprint density at radius 1 is 1.42 bits per heavy atom. The van der Waals surface area contributed by atoms with E-state index in [1.54, 1.807) is 12.1 Å². The zero-order chi connectivity index (χ0) is 13.5. The Bertz CT molecular complexity index is 417. The van der Waals surface area contributed by atoms with E-state index in [0.29, 0.717) is 6.54 Å². The highest BCUT2D eigenvalue weighted by Crippen LogP contribution is 2.05. The summed E-state index contributed by atoms with van der Waals surface area (Å²) in [4.78, 5) is 11.7. The number of rotatable bonds is 3. The fourth-order valence-electron chi connectivity index (χ4n) is 2.21. The molecule has 0 aliphatic carbocycles. The van der Waals surface area contributed by atoms with Gasteiger partial charge in [-0.15, -0.1) is 0 Å². The first-order valence-electron chi connectivity index (χ1n) is 6.73. The van der Waals surface area contributed by atoms with E-state index in [1.165, 1.54) is 12.1 Å². The predicted molar refractivity (Wildman–Crippen MR) is 72.3 cm³/mol. The van der Waals surface area contributed by atoms with Crippen molar-refractivity contribution in [2.45, 2.75) is 31.8 Å². The van der Waals surface area contributed by atoms with Crippen LogP contribution in [0.25, 0.3) is 0 Å². The van der Waals surface area contributed by atoms with Crippen LogP contribution in [0, 0.1) is 5.82 Å². The van der Waals surface area contributed by atoms with Crippen LogP contribution in [0.4, 0.5) is 9.18 Å². The predicted octanol–water partition coefficient (Wildman–Crippen LogP) is 1.77. The normalized spacial score (nSPS) is 19.5. The van der Waals surface area contributed by atoms with E-state index in [2.05, 4.69) is 16.0 Å². The molecule has 1 unspecified atom stereocenters. The van der Waals surface area contributed by atoms with E-state index in [-0.39, 0.29) is 17.9 Å². The van der Waals surface area contributed by atoms with Gasteiger partial charge in [-0.1, -0.05) is 18.6 Å². The number of carbonyl (C=O) groups is 1. The van der Waals surface area contributed by atoms with Crippen molar-refractivity contribution >= 4 is 6.03 Å². The molecule has 0 aromatic heterocycles. The molecule has 0 spiro atoms. The molecule has 1 aliphatic heterocycles. The van der Waals surface area contributed by atoms with Crippen molar-refractivity contribution in [3.63, 3.8) is 0 Å². The first kappa shape index (κ1) is 13.8. The molecule has 1 aromatic carbocycles. The number of urea groups is 1. The highest BCUT2D eigenvalue weighted by atomic mass is 19.1. The Hall–Kier alpha value is -1.62. The molecule has 0 radical (unpaired) electrons. The van der Waals surface area contributed by atoms with Gasteiger partial charge in [-0.25, -0.2) is 9.18 Å². The van der Waals surface area contributed by atoms with Gasteiger partial charge in [-0.3, -0.25) is 0 Å². The van der Waals surface area contributed by atoms with Crippen molar-refractivity contribution in [1.29, 1.82) is 0 Å². The second-order valence-electron chi connectivity index (χ2n) is 4.85. The van der Waals surface area contributed by atoms with E-state index < -0.39 is 0 Å². The lowest BCUT2D eigenvalue weighted by molar-refractivity contribution is 0.236. The molecule has 2 rings (SSSR count). The van der Waals surface area contributed by atoms with Crippen LogP contribution in [0.1, 0.15) is 24.8 Å². The number of carbonyl (C=O) groups excluding carboxylic acids is 1. The van der Waals surface area contributed by atoms with Crippen LogP contribution in [-0.4, -0.2) is 25.2 Å². The Balaban J connectivity index is 1.74. The maximum absolute atomic E-state index is 13.0. The molecule has 1 aliphatic rings. The van der Waals surface area contributed by atoms with Crippen molar-refractivity contribution in [3.05, 3.63) is 35.6 Å². The lowest BCUT2D eigenvalue weighted by Gasteiger charge is -2.16. The number of halogens is 1. The first-order chi connectivity index (χ1) is 9.24. The molecule has 1 heterocycles. The minimum Gasteiger partial charge on any atom is -0.334 e. The van der Waals surface area contributed by atoms with Gasteiger partial charge in [0.25, 0.3) is 0 Å². The minimum atomic E-state index is -0.285. The summed E-state index contributed by atoms with van der Waals surface area (Å²) in [6.45, 7) is 2.17. The SMILES string of the molecule is O=C(NCc1cccc(F)c1)NC1CCCCNC1. The van der Waals surface area contributed by atoms with Crippen LogP contribution >= 0.6 is 0 Å². The van der Waals surface area contributed by atoms with Gasteiger partial charge in [0, 0.05) is 19.1 Å². The van der Waals surface area contributed by atoms with E-state index in [0.717, 1.165) is 37.9 Å². The number of hydrogen-bond acceptors (Lipinski definition) is 2. The number of nitrogens with one attached hydrogen (secondary N) is 3.